The molecule has 1 aliphatic heterocycles. The summed E-state index contributed by atoms with van der Waals surface area (Å²) in [6.45, 7) is 2.62. The number of aryl methyl sites for hydroxylation is 3. The lowest BCUT2D eigenvalue weighted by Crippen LogP contribution is -2.39. The second-order valence-corrected chi connectivity index (χ2v) is 8.37. The van der Waals surface area contributed by atoms with Crippen LogP contribution in [0.25, 0.3) is 22.3 Å². The molecular weight excluding hydrogens is 443 g/mol. The van der Waals surface area contributed by atoms with E-state index < -0.39 is 18.8 Å². The van der Waals surface area contributed by atoms with Crippen LogP contribution in [-0.2, 0) is 4.74 Å². The van der Waals surface area contributed by atoms with E-state index in [0.29, 0.717) is 58.5 Å². The average Bonchev–Trinajstić information content (AvgIpc) is 2.84. The van der Waals surface area contributed by atoms with Crippen LogP contribution in [0.1, 0.15) is 32.7 Å². The fourth-order valence-corrected chi connectivity index (χ4v) is 4.01. The summed E-state index contributed by atoms with van der Waals surface area (Å²) in [6, 6.07) is 7.86. The first-order valence-corrected chi connectivity index (χ1v) is 10.8. The number of aromatic nitrogens is 5. The molecule has 0 N–H and O–H groups in total. The molecule has 1 atom stereocenters. The van der Waals surface area contributed by atoms with Crippen LogP contribution in [0, 0.1) is 26.5 Å². The Labute approximate surface area is 199 Å². The summed E-state index contributed by atoms with van der Waals surface area (Å²) in [5.41, 5.74) is 3.41. The molecule has 0 amide bonds. The summed E-state index contributed by atoms with van der Waals surface area (Å²) in [5, 5.41) is 8.51. The van der Waals surface area contributed by atoms with Gasteiger partial charge in [-0.2, -0.15) is 15.2 Å². The van der Waals surface area contributed by atoms with E-state index in [0.717, 1.165) is 11.3 Å². The van der Waals surface area contributed by atoms with Crippen LogP contribution in [0.3, 0.4) is 0 Å². The minimum Gasteiger partial charge on any atom is -0.370 e. The Morgan fingerprint density at radius 2 is 2.06 bits per heavy atom. The Balaban J connectivity index is 1.58. The number of pyridine rings is 1. The Kier molecular flexibility index (Phi) is 4.75. The molecule has 4 heterocycles. The number of rotatable bonds is 3. The molecule has 1 saturated heterocycles. The molecule has 168 valence electrons. The highest BCUT2D eigenvalue weighted by atomic mass is 35.5. The van der Waals surface area contributed by atoms with Crippen molar-refractivity contribution >= 4 is 28.6 Å². The number of halogens is 2. The van der Waals surface area contributed by atoms with Crippen LogP contribution >= 0.6 is 11.6 Å². The molecule has 1 unspecified atom stereocenters. The first kappa shape index (κ1) is 18.2. The highest BCUT2D eigenvalue weighted by Crippen LogP contribution is 2.33. The Morgan fingerprint density at radius 1 is 1.18 bits per heavy atom. The lowest BCUT2D eigenvalue weighted by Gasteiger charge is -2.33. The molecular formula is C24H22ClFN6O. The van der Waals surface area contributed by atoms with E-state index in [9.17, 15) is 4.39 Å². The van der Waals surface area contributed by atoms with E-state index in [1.54, 1.807) is 12.1 Å². The molecule has 9 heteroatoms. The molecule has 0 bridgehead atoms. The molecule has 7 nitrogen and oxygen atoms in total. The zero-order valence-electron chi connectivity index (χ0n) is 21.0. The van der Waals surface area contributed by atoms with E-state index in [2.05, 4.69) is 15.2 Å². The maximum absolute atomic E-state index is 15.0. The number of morpholine rings is 1. The molecule has 1 aliphatic rings. The monoisotopic (exact) mass is 467 g/mol. The summed E-state index contributed by atoms with van der Waals surface area (Å²) in [7, 11) is 0. The van der Waals surface area contributed by atoms with Gasteiger partial charge in [0.25, 0.3) is 0 Å². The van der Waals surface area contributed by atoms with Crippen LogP contribution < -0.4 is 4.90 Å². The van der Waals surface area contributed by atoms with Crippen molar-refractivity contribution in [3.63, 3.8) is 0 Å². The Morgan fingerprint density at radius 3 is 2.88 bits per heavy atom. The normalized spacial score (nSPS) is 18.1. The number of hydrogen-bond acceptors (Lipinski definition) is 7. The molecule has 4 aromatic rings. The van der Waals surface area contributed by atoms with Crippen LogP contribution in [0.2, 0.25) is 5.02 Å². The first-order chi connectivity index (χ1) is 17.1. The summed E-state index contributed by atoms with van der Waals surface area (Å²) >= 11 is 5.98. The average molecular weight is 468 g/mol. The summed E-state index contributed by atoms with van der Waals surface area (Å²) in [5.74, 6) is -0.124. The van der Waals surface area contributed by atoms with Gasteiger partial charge in [-0.3, -0.25) is 0 Å². The second kappa shape index (κ2) is 8.61. The van der Waals surface area contributed by atoms with E-state index in [4.69, 9.17) is 30.4 Å². The molecule has 0 radical (unpaired) electrons. The standard InChI is InChI=1S/C24H22ClFN6O/c1-13-8-19-22(18-5-4-17(25)10-20(18)26)29-24(30-23(19)28-15(13)3)32-6-7-33-21(12-32)16-9-14(2)31-27-11-16/h4-5,8-11,21H,6-7,12H2,1-3H3/i2D3. The smallest absolute Gasteiger partial charge is 0.228 e. The zero-order chi connectivity index (χ0) is 25.6. The van der Waals surface area contributed by atoms with Gasteiger partial charge in [0, 0.05) is 37.9 Å². The summed E-state index contributed by atoms with van der Waals surface area (Å²) in [6.07, 6.45) is 1.02. The van der Waals surface area contributed by atoms with Crippen LogP contribution in [-0.4, -0.2) is 44.8 Å². The summed E-state index contributed by atoms with van der Waals surface area (Å²) in [4.78, 5) is 16.0. The third kappa shape index (κ3) is 4.24. The van der Waals surface area contributed by atoms with Crippen molar-refractivity contribution in [1.82, 2.24) is 25.1 Å². The van der Waals surface area contributed by atoms with Crippen molar-refractivity contribution in [3.05, 3.63) is 69.9 Å². The van der Waals surface area contributed by atoms with Gasteiger partial charge >= 0.3 is 0 Å². The second-order valence-electron chi connectivity index (χ2n) is 7.94. The van der Waals surface area contributed by atoms with Crippen molar-refractivity contribution < 1.29 is 13.2 Å². The molecule has 0 saturated carbocycles. The number of ether oxygens (including phenoxy) is 1. The topological polar surface area (TPSA) is 76.9 Å². The van der Waals surface area contributed by atoms with Gasteiger partial charge in [-0.1, -0.05) is 11.6 Å². The van der Waals surface area contributed by atoms with Gasteiger partial charge < -0.3 is 9.64 Å². The van der Waals surface area contributed by atoms with Crippen molar-refractivity contribution in [2.75, 3.05) is 24.6 Å². The molecule has 33 heavy (non-hydrogen) atoms. The third-order valence-electron chi connectivity index (χ3n) is 5.70. The van der Waals surface area contributed by atoms with Gasteiger partial charge in [0.05, 0.1) is 30.7 Å². The molecule has 3 aromatic heterocycles. The summed E-state index contributed by atoms with van der Waals surface area (Å²) < 4.78 is 43.7. The maximum Gasteiger partial charge on any atom is 0.228 e. The number of hydrogen-bond donors (Lipinski definition) is 0. The van der Waals surface area contributed by atoms with Crippen molar-refractivity contribution in [1.29, 1.82) is 0 Å². The molecule has 0 spiro atoms. The van der Waals surface area contributed by atoms with Crippen LogP contribution in [0.4, 0.5) is 10.3 Å². The van der Waals surface area contributed by atoms with E-state index in [1.807, 2.05) is 24.8 Å². The highest BCUT2D eigenvalue weighted by molar-refractivity contribution is 6.30. The molecule has 1 aromatic carbocycles. The highest BCUT2D eigenvalue weighted by Gasteiger charge is 2.26. The number of fused-ring (bicyclic) bond motifs is 1. The third-order valence-corrected chi connectivity index (χ3v) is 5.94. The van der Waals surface area contributed by atoms with Gasteiger partial charge in [-0.15, -0.1) is 0 Å². The van der Waals surface area contributed by atoms with E-state index in [-0.39, 0.29) is 5.69 Å². The minimum absolute atomic E-state index is 0.0989. The molecule has 0 aliphatic carbocycles. The Bertz CT molecular complexity index is 1470. The number of nitrogens with zero attached hydrogens (tertiary/aromatic N) is 6. The SMILES string of the molecule is [2H]C([2H])([2H])c1cc(C2CN(c3nc(-c4ccc(Cl)cc4F)c4cc(C)c(C)nc4n3)CCO2)cnn1. The van der Waals surface area contributed by atoms with Crippen LogP contribution in [0.5, 0.6) is 0 Å². The molecule has 1 fully saturated rings. The lowest BCUT2D eigenvalue weighted by atomic mass is 10.1. The van der Waals surface area contributed by atoms with Crippen molar-refractivity contribution in [2.24, 2.45) is 0 Å². The van der Waals surface area contributed by atoms with Crippen molar-refractivity contribution in [3.8, 4) is 11.3 Å². The first-order valence-electron chi connectivity index (χ1n) is 11.9. The number of anilines is 1. The maximum atomic E-state index is 15.0. The van der Waals surface area contributed by atoms with Crippen molar-refractivity contribution in [2.45, 2.75) is 26.8 Å². The van der Waals surface area contributed by atoms with Gasteiger partial charge in [-0.05, 0) is 56.6 Å². The van der Waals surface area contributed by atoms with E-state index >= 15 is 0 Å². The fourth-order valence-electron chi connectivity index (χ4n) is 3.85. The van der Waals surface area contributed by atoms with Gasteiger partial charge in [0.2, 0.25) is 5.95 Å². The predicted octanol–water partition coefficient (Wildman–Crippen LogP) is 4.78. The number of benzene rings is 1. The zero-order valence-corrected chi connectivity index (χ0v) is 18.8. The minimum atomic E-state index is -2.38. The lowest BCUT2D eigenvalue weighted by molar-refractivity contribution is 0.0389. The van der Waals surface area contributed by atoms with Crippen LogP contribution in [0.15, 0.2) is 36.5 Å². The fraction of sp³-hybridized carbons (Fsp3) is 0.292. The van der Waals surface area contributed by atoms with Gasteiger partial charge in [0.15, 0.2) is 5.65 Å². The quantitative estimate of drug-likeness (QED) is 0.429. The van der Waals surface area contributed by atoms with Gasteiger partial charge in [-0.25, -0.2) is 14.4 Å². The Hall–Kier alpha value is -3.23. The predicted molar refractivity (Wildman–Crippen MR) is 125 cm³/mol. The van der Waals surface area contributed by atoms with E-state index in [1.165, 1.54) is 18.3 Å². The van der Waals surface area contributed by atoms with Gasteiger partial charge in [0.1, 0.15) is 11.9 Å². The largest absolute Gasteiger partial charge is 0.370 e. The molecule has 5 rings (SSSR count).